The third-order valence-electron chi connectivity index (χ3n) is 2.91. The highest BCUT2D eigenvalue weighted by atomic mass is 79.9. The molecule has 6 heteroatoms. The fourth-order valence-corrected chi connectivity index (χ4v) is 2.38. The van der Waals surface area contributed by atoms with E-state index >= 15 is 0 Å². The van der Waals surface area contributed by atoms with Gasteiger partial charge in [0, 0.05) is 5.56 Å². The molecule has 0 saturated carbocycles. The topological polar surface area (TPSA) is 39.2 Å². The summed E-state index contributed by atoms with van der Waals surface area (Å²) in [6.45, 7) is 1.61. The standard InChI is InChI=1S/C13H11BrF3NO/c1-7-6-8(13(15,16)17)2-3-9(7)11(18)10-4-5-19-12(10)14/h2-6,11H,18H2,1H3. The minimum Gasteiger partial charge on any atom is -0.457 e. The monoisotopic (exact) mass is 333 g/mol. The minimum absolute atomic E-state index is 0.485. The van der Waals surface area contributed by atoms with Crippen LogP contribution in [0, 0.1) is 6.92 Å². The van der Waals surface area contributed by atoms with Crippen molar-refractivity contribution in [1.82, 2.24) is 0 Å². The first-order valence-electron chi connectivity index (χ1n) is 5.47. The summed E-state index contributed by atoms with van der Waals surface area (Å²) in [5.74, 6) is 0. The molecule has 1 aromatic carbocycles. The molecule has 19 heavy (non-hydrogen) atoms. The lowest BCUT2D eigenvalue weighted by molar-refractivity contribution is -0.137. The molecule has 0 radical (unpaired) electrons. The molecule has 2 aromatic rings. The molecule has 1 atom stereocenters. The number of halogens is 4. The van der Waals surface area contributed by atoms with Gasteiger partial charge in [-0.1, -0.05) is 6.07 Å². The number of rotatable bonds is 2. The molecule has 0 aliphatic carbocycles. The second-order valence-corrected chi connectivity index (χ2v) is 4.92. The summed E-state index contributed by atoms with van der Waals surface area (Å²) in [5, 5.41) is 0. The largest absolute Gasteiger partial charge is 0.457 e. The maximum absolute atomic E-state index is 12.6. The number of alkyl halides is 3. The van der Waals surface area contributed by atoms with Crippen molar-refractivity contribution in [3.63, 3.8) is 0 Å². The third-order valence-corrected chi connectivity index (χ3v) is 3.56. The van der Waals surface area contributed by atoms with Crippen LogP contribution in [0.3, 0.4) is 0 Å². The quantitative estimate of drug-likeness (QED) is 0.883. The second-order valence-electron chi connectivity index (χ2n) is 4.20. The summed E-state index contributed by atoms with van der Waals surface area (Å²) in [5.41, 5.74) is 7.20. The van der Waals surface area contributed by atoms with Crippen LogP contribution >= 0.6 is 15.9 Å². The van der Waals surface area contributed by atoms with Crippen LogP contribution in [-0.2, 0) is 6.18 Å². The van der Waals surface area contributed by atoms with Crippen molar-refractivity contribution in [3.05, 3.63) is 57.5 Å². The molecule has 1 heterocycles. The van der Waals surface area contributed by atoms with Gasteiger partial charge in [0.15, 0.2) is 4.67 Å². The molecule has 1 aromatic heterocycles. The van der Waals surface area contributed by atoms with Gasteiger partial charge in [-0.15, -0.1) is 0 Å². The number of aryl methyl sites for hydroxylation is 1. The fraction of sp³-hybridized carbons (Fsp3) is 0.231. The van der Waals surface area contributed by atoms with Crippen LogP contribution in [-0.4, -0.2) is 0 Å². The van der Waals surface area contributed by atoms with Gasteiger partial charge in [0.2, 0.25) is 0 Å². The SMILES string of the molecule is Cc1cc(C(F)(F)F)ccc1C(N)c1ccoc1Br. The first-order valence-corrected chi connectivity index (χ1v) is 6.26. The molecular formula is C13H11BrF3NO. The Labute approximate surface area is 116 Å². The second kappa shape index (κ2) is 5.02. The molecule has 0 aliphatic heterocycles. The van der Waals surface area contributed by atoms with E-state index in [0.717, 1.165) is 12.1 Å². The highest BCUT2D eigenvalue weighted by Gasteiger charge is 2.31. The van der Waals surface area contributed by atoms with E-state index in [2.05, 4.69) is 15.9 Å². The number of benzene rings is 1. The van der Waals surface area contributed by atoms with Crippen molar-refractivity contribution in [2.75, 3.05) is 0 Å². The summed E-state index contributed by atoms with van der Waals surface area (Å²) in [7, 11) is 0. The lowest BCUT2D eigenvalue weighted by Crippen LogP contribution is -2.14. The highest BCUT2D eigenvalue weighted by molar-refractivity contribution is 9.10. The van der Waals surface area contributed by atoms with Crippen LogP contribution in [0.4, 0.5) is 13.2 Å². The molecule has 0 fully saturated rings. The van der Waals surface area contributed by atoms with Crippen molar-refractivity contribution in [3.8, 4) is 0 Å². The van der Waals surface area contributed by atoms with Crippen LogP contribution in [0.5, 0.6) is 0 Å². The van der Waals surface area contributed by atoms with E-state index in [4.69, 9.17) is 10.2 Å². The minimum atomic E-state index is -4.34. The molecule has 0 amide bonds. The first-order chi connectivity index (χ1) is 8.80. The number of hydrogen-bond acceptors (Lipinski definition) is 2. The Hall–Kier alpha value is -1.27. The molecule has 0 spiro atoms. The van der Waals surface area contributed by atoms with E-state index in [1.807, 2.05) is 0 Å². The van der Waals surface area contributed by atoms with Gasteiger partial charge in [0.1, 0.15) is 0 Å². The van der Waals surface area contributed by atoms with Gasteiger partial charge >= 0.3 is 6.18 Å². The zero-order chi connectivity index (χ0) is 14.2. The fourth-order valence-electron chi connectivity index (χ4n) is 1.90. The van der Waals surface area contributed by atoms with Crippen molar-refractivity contribution < 1.29 is 17.6 Å². The van der Waals surface area contributed by atoms with Crippen LogP contribution in [0.1, 0.15) is 28.3 Å². The van der Waals surface area contributed by atoms with Crippen molar-refractivity contribution in [2.24, 2.45) is 5.73 Å². The van der Waals surface area contributed by atoms with Crippen molar-refractivity contribution in [1.29, 1.82) is 0 Å². The lowest BCUT2D eigenvalue weighted by Gasteiger charge is -2.16. The predicted octanol–water partition coefficient (Wildman–Crippen LogP) is 4.42. The Morgan fingerprint density at radius 3 is 2.37 bits per heavy atom. The van der Waals surface area contributed by atoms with E-state index < -0.39 is 17.8 Å². The van der Waals surface area contributed by atoms with Crippen LogP contribution in [0.2, 0.25) is 0 Å². The predicted molar refractivity (Wildman–Crippen MR) is 68.6 cm³/mol. The summed E-state index contributed by atoms with van der Waals surface area (Å²) in [6.07, 6.45) is -2.87. The molecule has 102 valence electrons. The third kappa shape index (κ3) is 2.84. The summed E-state index contributed by atoms with van der Waals surface area (Å²) < 4.78 is 43.3. The number of nitrogens with two attached hydrogens (primary N) is 1. The molecule has 0 aliphatic rings. The van der Waals surface area contributed by atoms with E-state index in [-0.39, 0.29) is 0 Å². The van der Waals surface area contributed by atoms with E-state index in [0.29, 0.717) is 21.4 Å². The van der Waals surface area contributed by atoms with E-state index in [1.165, 1.54) is 12.3 Å². The molecular weight excluding hydrogens is 323 g/mol. The number of hydrogen-bond donors (Lipinski definition) is 1. The zero-order valence-corrected chi connectivity index (χ0v) is 11.5. The summed E-state index contributed by atoms with van der Waals surface area (Å²) in [4.78, 5) is 0. The van der Waals surface area contributed by atoms with Gasteiger partial charge < -0.3 is 10.2 Å². The normalized spacial score (nSPS) is 13.6. The van der Waals surface area contributed by atoms with Crippen LogP contribution in [0.25, 0.3) is 0 Å². The first kappa shape index (κ1) is 14.1. The molecule has 2 nitrogen and oxygen atoms in total. The van der Waals surface area contributed by atoms with Gasteiger partial charge in [-0.2, -0.15) is 13.2 Å². The smallest absolute Gasteiger partial charge is 0.416 e. The molecule has 0 bridgehead atoms. The zero-order valence-electron chi connectivity index (χ0n) is 9.96. The average molecular weight is 334 g/mol. The van der Waals surface area contributed by atoms with Gasteiger partial charge in [-0.05, 0) is 52.2 Å². The Morgan fingerprint density at radius 2 is 1.89 bits per heavy atom. The summed E-state index contributed by atoms with van der Waals surface area (Å²) in [6, 6.07) is 4.70. The van der Waals surface area contributed by atoms with Crippen LogP contribution < -0.4 is 5.73 Å². The lowest BCUT2D eigenvalue weighted by atomic mass is 9.96. The van der Waals surface area contributed by atoms with Crippen LogP contribution in [0.15, 0.2) is 39.6 Å². The van der Waals surface area contributed by atoms with E-state index in [1.54, 1.807) is 13.0 Å². The van der Waals surface area contributed by atoms with E-state index in [9.17, 15) is 13.2 Å². The average Bonchev–Trinajstić information content (AvgIpc) is 2.73. The molecule has 1 unspecified atom stereocenters. The molecule has 2 rings (SSSR count). The maximum atomic E-state index is 12.6. The van der Waals surface area contributed by atoms with Gasteiger partial charge in [0.05, 0.1) is 17.9 Å². The number of furan rings is 1. The highest BCUT2D eigenvalue weighted by Crippen LogP contribution is 2.34. The van der Waals surface area contributed by atoms with Gasteiger partial charge in [-0.3, -0.25) is 0 Å². The Bertz CT molecular complexity index is 592. The maximum Gasteiger partial charge on any atom is 0.416 e. The Morgan fingerprint density at radius 1 is 1.21 bits per heavy atom. The van der Waals surface area contributed by atoms with Gasteiger partial charge in [0.25, 0.3) is 0 Å². The Kier molecular flexibility index (Phi) is 3.73. The molecule has 0 saturated heterocycles. The summed E-state index contributed by atoms with van der Waals surface area (Å²) >= 11 is 3.21. The Balaban J connectivity index is 2.39. The van der Waals surface area contributed by atoms with Crippen molar-refractivity contribution in [2.45, 2.75) is 19.1 Å². The molecule has 2 N–H and O–H groups in total. The van der Waals surface area contributed by atoms with Gasteiger partial charge in [-0.25, -0.2) is 0 Å². The van der Waals surface area contributed by atoms with Crippen molar-refractivity contribution >= 4 is 15.9 Å².